The summed E-state index contributed by atoms with van der Waals surface area (Å²) in [7, 11) is 0. The van der Waals surface area contributed by atoms with Crippen LogP contribution in [0.2, 0.25) is 5.02 Å². The molecule has 1 aliphatic carbocycles. The zero-order valence-electron chi connectivity index (χ0n) is 18.3. The minimum absolute atomic E-state index is 0.00883. The Morgan fingerprint density at radius 3 is 2.52 bits per heavy atom. The van der Waals surface area contributed by atoms with Crippen LogP contribution >= 0.6 is 11.6 Å². The molecular weight excluding hydrogens is 458 g/mol. The Kier molecular flexibility index (Phi) is 6.30. The summed E-state index contributed by atoms with van der Waals surface area (Å²) in [6.45, 7) is 4.99. The first-order valence-corrected chi connectivity index (χ1v) is 11.3. The van der Waals surface area contributed by atoms with Gasteiger partial charge in [0.2, 0.25) is 0 Å². The Morgan fingerprint density at radius 1 is 1.27 bits per heavy atom. The number of aromatic nitrogens is 1. The van der Waals surface area contributed by atoms with Gasteiger partial charge in [-0.05, 0) is 43.9 Å². The van der Waals surface area contributed by atoms with E-state index in [1.807, 2.05) is 13.8 Å². The maximum absolute atomic E-state index is 16.0. The monoisotopic (exact) mass is 483 g/mol. The van der Waals surface area contributed by atoms with Crippen molar-refractivity contribution in [2.75, 3.05) is 24.1 Å². The zero-order valence-corrected chi connectivity index (χ0v) is 19.1. The first-order chi connectivity index (χ1) is 15.5. The van der Waals surface area contributed by atoms with E-state index in [2.05, 4.69) is 15.6 Å². The third-order valence-corrected chi connectivity index (χ3v) is 6.33. The van der Waals surface area contributed by atoms with Crippen molar-refractivity contribution in [3.63, 3.8) is 0 Å². The summed E-state index contributed by atoms with van der Waals surface area (Å²) >= 11 is 5.92. The number of nitrogens with zero attached hydrogens (tertiary/aromatic N) is 1. The molecule has 33 heavy (non-hydrogen) atoms. The molecule has 1 atom stereocenters. The number of rotatable bonds is 6. The van der Waals surface area contributed by atoms with Crippen LogP contribution in [-0.2, 0) is 6.18 Å². The second-order valence-electron chi connectivity index (χ2n) is 9.01. The maximum Gasteiger partial charge on any atom is 0.418 e. The molecule has 0 radical (unpaired) electrons. The molecule has 5 nitrogen and oxygen atoms in total. The minimum Gasteiger partial charge on any atom is -0.399 e. The van der Waals surface area contributed by atoms with Crippen LogP contribution in [0.25, 0.3) is 11.3 Å². The molecule has 0 bridgehead atoms. The number of nitrogen functional groups attached to an aromatic ring is 1. The molecule has 1 unspecified atom stereocenters. The van der Waals surface area contributed by atoms with E-state index < -0.39 is 33.8 Å². The van der Waals surface area contributed by atoms with E-state index in [9.17, 15) is 13.2 Å². The number of hydrogen-bond acceptors (Lipinski definition) is 5. The molecule has 1 aliphatic heterocycles. The van der Waals surface area contributed by atoms with Gasteiger partial charge in [-0.25, -0.2) is 9.37 Å². The molecule has 2 aromatic rings. The fourth-order valence-corrected chi connectivity index (χ4v) is 4.56. The van der Waals surface area contributed by atoms with Crippen LogP contribution in [0.1, 0.15) is 55.8 Å². The van der Waals surface area contributed by atoms with Crippen molar-refractivity contribution >= 4 is 28.7 Å². The molecule has 2 aliphatic rings. The van der Waals surface area contributed by atoms with E-state index in [0.29, 0.717) is 17.8 Å². The number of halogens is 5. The molecule has 1 aromatic heterocycles. The molecule has 5 N–H and O–H groups in total. The Labute approximate surface area is 194 Å². The van der Waals surface area contributed by atoms with Crippen LogP contribution in [0.15, 0.2) is 12.1 Å². The van der Waals surface area contributed by atoms with Crippen molar-refractivity contribution < 1.29 is 17.6 Å². The van der Waals surface area contributed by atoms with Crippen molar-refractivity contribution in [3.05, 3.63) is 39.8 Å². The Balaban J connectivity index is 2.00. The molecule has 4 rings (SSSR count). The van der Waals surface area contributed by atoms with Gasteiger partial charge in [-0.15, -0.1) is 0 Å². The summed E-state index contributed by atoms with van der Waals surface area (Å²) in [6, 6.07) is 2.06. The average molecular weight is 484 g/mol. The van der Waals surface area contributed by atoms with Crippen LogP contribution in [0.3, 0.4) is 0 Å². The highest BCUT2D eigenvalue weighted by atomic mass is 35.5. The van der Waals surface area contributed by atoms with E-state index >= 15 is 4.39 Å². The number of nitrogens with one attached hydrogen (secondary N) is 3. The van der Waals surface area contributed by atoms with E-state index in [1.165, 1.54) is 0 Å². The van der Waals surface area contributed by atoms with Gasteiger partial charge >= 0.3 is 6.18 Å². The number of pyridine rings is 1. The van der Waals surface area contributed by atoms with Gasteiger partial charge in [0.25, 0.3) is 0 Å². The first-order valence-electron chi connectivity index (χ1n) is 10.9. The largest absolute Gasteiger partial charge is 0.418 e. The Morgan fingerprint density at radius 2 is 1.97 bits per heavy atom. The summed E-state index contributed by atoms with van der Waals surface area (Å²) in [4.78, 5) is 4.39. The van der Waals surface area contributed by atoms with E-state index in [1.54, 1.807) is 0 Å². The molecule has 0 spiro atoms. The summed E-state index contributed by atoms with van der Waals surface area (Å²) in [5, 5.41) is 14.6. The van der Waals surface area contributed by atoms with E-state index in [-0.39, 0.29) is 35.0 Å². The van der Waals surface area contributed by atoms with Gasteiger partial charge in [-0.3, -0.25) is 0 Å². The zero-order chi connectivity index (χ0) is 24.1. The second kappa shape index (κ2) is 8.76. The van der Waals surface area contributed by atoms with Crippen LogP contribution < -0.4 is 16.4 Å². The minimum atomic E-state index is -4.84. The normalized spacial score (nSPS) is 18.7. The fourth-order valence-electron chi connectivity index (χ4n) is 4.23. The smallest absolute Gasteiger partial charge is 0.399 e. The molecule has 1 saturated carbocycles. The average Bonchev–Trinajstić information content (AvgIpc) is 3.35. The summed E-state index contributed by atoms with van der Waals surface area (Å²) in [5.74, 6) is -1.31. The van der Waals surface area contributed by atoms with Crippen LogP contribution in [0, 0.1) is 17.1 Å². The number of anilines is 2. The highest BCUT2D eigenvalue weighted by Gasteiger charge is 2.39. The van der Waals surface area contributed by atoms with Gasteiger partial charge < -0.3 is 21.8 Å². The van der Waals surface area contributed by atoms with Crippen molar-refractivity contribution in [1.82, 2.24) is 10.3 Å². The lowest BCUT2D eigenvalue weighted by Crippen LogP contribution is -2.24. The van der Waals surface area contributed by atoms with Gasteiger partial charge in [0, 0.05) is 41.0 Å². The number of alkyl halides is 3. The molecule has 1 aromatic carbocycles. The molecule has 2 fully saturated rings. The predicted molar refractivity (Wildman–Crippen MR) is 123 cm³/mol. The highest BCUT2D eigenvalue weighted by Crippen LogP contribution is 2.45. The molecule has 10 heteroatoms. The van der Waals surface area contributed by atoms with Crippen LogP contribution in [0.4, 0.5) is 28.9 Å². The van der Waals surface area contributed by atoms with Crippen molar-refractivity contribution in [3.8, 4) is 11.3 Å². The van der Waals surface area contributed by atoms with Crippen LogP contribution in [0.5, 0.6) is 0 Å². The molecule has 178 valence electrons. The third kappa shape index (κ3) is 4.66. The second-order valence-corrected chi connectivity index (χ2v) is 9.42. The highest BCUT2D eigenvalue weighted by molar-refractivity contribution is 6.32. The fraction of sp³-hybridized carbons (Fsp3) is 0.478. The summed E-state index contributed by atoms with van der Waals surface area (Å²) in [5.41, 5.74) is 4.60. The Bertz CT molecular complexity index is 1090. The predicted octanol–water partition coefficient (Wildman–Crippen LogP) is 5.82. The van der Waals surface area contributed by atoms with Gasteiger partial charge in [0.15, 0.2) is 5.82 Å². The van der Waals surface area contributed by atoms with Gasteiger partial charge in [0.1, 0.15) is 5.69 Å². The van der Waals surface area contributed by atoms with Gasteiger partial charge in [-0.1, -0.05) is 25.4 Å². The van der Waals surface area contributed by atoms with Gasteiger partial charge in [0.05, 0.1) is 22.0 Å². The maximum atomic E-state index is 16.0. The van der Waals surface area contributed by atoms with Gasteiger partial charge in [-0.2, -0.15) is 13.2 Å². The van der Waals surface area contributed by atoms with Crippen LogP contribution in [-0.4, -0.2) is 29.8 Å². The number of benzene rings is 1. The van der Waals surface area contributed by atoms with E-state index in [4.69, 9.17) is 22.7 Å². The first kappa shape index (κ1) is 23.8. The van der Waals surface area contributed by atoms with E-state index in [0.717, 1.165) is 37.9 Å². The lowest BCUT2D eigenvalue weighted by Gasteiger charge is -2.24. The lowest BCUT2D eigenvalue weighted by atomic mass is 9.88. The van der Waals surface area contributed by atoms with Crippen molar-refractivity contribution in [1.29, 1.82) is 5.41 Å². The number of hydrogen-bond donors (Lipinski definition) is 4. The van der Waals surface area contributed by atoms with Crippen molar-refractivity contribution in [2.45, 2.75) is 51.2 Å². The third-order valence-electron chi connectivity index (χ3n) is 6.03. The standard InChI is InChI=1S/C23H26ClF4N5/c1-10(2)20-16(19(30)11-5-6-31-9-11)22(32-13-3-4-13)18(25)21(33-20)14-7-12(29)8-15(24)17(14)23(26,27)28/h7-8,10-11,13,30-31H,3-6,9,29H2,1-2H3,(H,32,33). The lowest BCUT2D eigenvalue weighted by molar-refractivity contribution is -0.137. The molecule has 2 heterocycles. The topological polar surface area (TPSA) is 86.8 Å². The SMILES string of the molecule is CC(C)c1nc(-c2cc(N)cc(Cl)c2C(F)(F)F)c(F)c(NC2CC2)c1C(=N)C1CCNC1. The molecule has 1 saturated heterocycles. The number of nitrogens with two attached hydrogens (primary N) is 1. The summed E-state index contributed by atoms with van der Waals surface area (Å²) < 4.78 is 57.8. The Hall–Kier alpha value is -2.39. The van der Waals surface area contributed by atoms with Crippen molar-refractivity contribution in [2.24, 2.45) is 5.92 Å². The molecule has 0 amide bonds. The molecular formula is C23H26ClF4N5. The quantitative estimate of drug-likeness (QED) is 0.237. The summed E-state index contributed by atoms with van der Waals surface area (Å²) in [6.07, 6.45) is -2.46.